The maximum Gasteiger partial charge on any atom is 0.365 e. The van der Waals surface area contributed by atoms with Gasteiger partial charge in [0.1, 0.15) is 5.75 Å². The number of carbonyl (C=O) groups is 1. The first-order valence-electron chi connectivity index (χ1n) is 6.06. The molecule has 0 bridgehead atoms. The van der Waals surface area contributed by atoms with E-state index in [4.69, 9.17) is 42.5 Å². The third-order valence-electron chi connectivity index (χ3n) is 2.40. The summed E-state index contributed by atoms with van der Waals surface area (Å²) in [5.41, 5.74) is -1.52. The fraction of sp³-hybridized carbons (Fsp3) is 0.417. The van der Waals surface area contributed by atoms with Gasteiger partial charge in [0.15, 0.2) is 0 Å². The van der Waals surface area contributed by atoms with E-state index in [9.17, 15) is 9.36 Å². The molecule has 0 radical (unpaired) electrons. The second-order valence-corrected chi connectivity index (χ2v) is 6.74. The van der Waals surface area contributed by atoms with Gasteiger partial charge in [-0.05, 0) is 30.7 Å². The van der Waals surface area contributed by atoms with E-state index in [1.807, 2.05) is 0 Å². The van der Waals surface area contributed by atoms with Gasteiger partial charge in [-0.1, -0.05) is 36.5 Å². The zero-order valence-corrected chi connectivity index (χ0v) is 13.5. The molecular formula is C12H15Cl2O6P. The predicted octanol–water partition coefficient (Wildman–Crippen LogP) is 3.13. The maximum absolute atomic E-state index is 11.7. The average molecular weight is 357 g/mol. The van der Waals surface area contributed by atoms with Crippen molar-refractivity contribution in [2.75, 3.05) is 0 Å². The van der Waals surface area contributed by atoms with Crippen LogP contribution in [-0.2, 0) is 14.1 Å². The molecule has 118 valence electrons. The minimum absolute atomic E-state index is 0.0283. The van der Waals surface area contributed by atoms with E-state index >= 15 is 0 Å². The molecule has 2 atom stereocenters. The zero-order valence-electron chi connectivity index (χ0n) is 11.1. The second-order valence-electron chi connectivity index (χ2n) is 4.16. The third-order valence-corrected chi connectivity index (χ3v) is 4.03. The molecule has 0 aliphatic rings. The molecule has 0 saturated heterocycles. The number of rotatable bonds is 7. The highest BCUT2D eigenvalue weighted by Crippen LogP contribution is 2.44. The molecule has 1 aromatic carbocycles. The molecule has 0 aromatic heterocycles. The van der Waals surface area contributed by atoms with Crippen molar-refractivity contribution in [3.05, 3.63) is 29.3 Å². The van der Waals surface area contributed by atoms with E-state index in [0.29, 0.717) is 11.4 Å². The van der Waals surface area contributed by atoms with Gasteiger partial charge in [0, 0.05) is 5.02 Å². The van der Waals surface area contributed by atoms with Crippen LogP contribution in [0.5, 0.6) is 5.75 Å². The van der Waals surface area contributed by atoms with Crippen molar-refractivity contribution in [1.29, 1.82) is 0 Å². The molecule has 1 aromatic rings. The highest BCUT2D eigenvalue weighted by atomic mass is 35.5. The van der Waals surface area contributed by atoms with Crippen LogP contribution in [0, 0.1) is 0 Å². The van der Waals surface area contributed by atoms with Crippen molar-refractivity contribution in [2.45, 2.75) is 31.2 Å². The summed E-state index contributed by atoms with van der Waals surface area (Å²) in [6.07, 6.45) is 0.467. The monoisotopic (exact) mass is 356 g/mol. The van der Waals surface area contributed by atoms with Gasteiger partial charge < -0.3 is 19.3 Å². The van der Waals surface area contributed by atoms with Gasteiger partial charge in [0.05, 0.1) is 0 Å². The van der Waals surface area contributed by atoms with Crippen LogP contribution >= 0.6 is 30.8 Å². The molecule has 6 nitrogen and oxygen atoms in total. The minimum atomic E-state index is -4.55. The number of ether oxygens (including phenoxy) is 2. The largest absolute Gasteiger partial charge is 0.463 e. The lowest BCUT2D eigenvalue weighted by Crippen LogP contribution is -2.28. The number of alkyl halides is 1. The van der Waals surface area contributed by atoms with Crippen molar-refractivity contribution in [3.63, 3.8) is 0 Å². The van der Waals surface area contributed by atoms with Crippen LogP contribution in [0.2, 0.25) is 5.02 Å². The summed E-state index contributed by atoms with van der Waals surface area (Å²) in [5.74, 6) is -2.31. The van der Waals surface area contributed by atoms with Crippen molar-refractivity contribution < 1.29 is 28.6 Å². The molecule has 2 N–H and O–H groups in total. The first-order chi connectivity index (χ1) is 9.74. The third kappa shape index (κ3) is 6.24. The lowest BCUT2D eigenvalue weighted by Gasteiger charge is -2.20. The van der Waals surface area contributed by atoms with Crippen molar-refractivity contribution in [3.8, 4) is 5.75 Å². The number of carbonyl (C=O) groups excluding carboxylic acids is 1. The molecule has 0 heterocycles. The normalized spacial score (nSPS) is 14.3. The first kappa shape index (κ1) is 18.3. The molecule has 21 heavy (non-hydrogen) atoms. The molecule has 1 rings (SSSR count). The van der Waals surface area contributed by atoms with E-state index in [-0.39, 0.29) is 12.2 Å². The second kappa shape index (κ2) is 8.01. The van der Waals surface area contributed by atoms with Crippen LogP contribution in [0.4, 0.5) is 0 Å². The summed E-state index contributed by atoms with van der Waals surface area (Å²) < 4.78 is 21.0. The summed E-state index contributed by atoms with van der Waals surface area (Å²) in [4.78, 5) is 29.9. The standard InChI is InChI=1S/C12H15Cl2O6P/c1-2-3-10(21(16,17)18)20-12(15)11(14)19-9-6-4-8(13)5-7-9/h4-7,10-11H,2-3H2,1H3,(H2,16,17,18). The highest BCUT2D eigenvalue weighted by molar-refractivity contribution is 7.52. The minimum Gasteiger partial charge on any atom is -0.463 e. The van der Waals surface area contributed by atoms with Crippen molar-refractivity contribution >= 4 is 36.8 Å². The van der Waals surface area contributed by atoms with Gasteiger partial charge in [0.25, 0.3) is 5.56 Å². The number of hydrogen-bond acceptors (Lipinski definition) is 4. The Labute approximate surface area is 132 Å². The first-order valence-corrected chi connectivity index (χ1v) is 8.55. The SMILES string of the molecule is CCCC(OC(=O)C(Cl)Oc1ccc(Cl)cc1)P(=O)(O)O. The van der Waals surface area contributed by atoms with E-state index in [1.54, 1.807) is 19.1 Å². The van der Waals surface area contributed by atoms with Crippen LogP contribution in [0.15, 0.2) is 24.3 Å². The Bertz CT molecular complexity index is 515. The number of esters is 1. The van der Waals surface area contributed by atoms with Gasteiger partial charge in [-0.3, -0.25) is 4.57 Å². The molecule has 0 fully saturated rings. The van der Waals surface area contributed by atoms with Crippen LogP contribution in [0.3, 0.4) is 0 Å². The topological polar surface area (TPSA) is 93.1 Å². The summed E-state index contributed by atoms with van der Waals surface area (Å²) >= 11 is 11.4. The average Bonchev–Trinajstić information content (AvgIpc) is 2.39. The maximum atomic E-state index is 11.7. The van der Waals surface area contributed by atoms with E-state index in [1.165, 1.54) is 12.1 Å². The van der Waals surface area contributed by atoms with Gasteiger partial charge >= 0.3 is 13.6 Å². The molecule has 0 amide bonds. The van der Waals surface area contributed by atoms with Gasteiger partial charge in [-0.2, -0.15) is 0 Å². The molecule has 0 aliphatic heterocycles. The number of halogens is 2. The fourth-order valence-electron chi connectivity index (χ4n) is 1.41. The zero-order chi connectivity index (χ0) is 16.0. The molecule has 2 unspecified atom stereocenters. The predicted molar refractivity (Wildman–Crippen MR) is 78.6 cm³/mol. The Kier molecular flexibility index (Phi) is 6.97. The van der Waals surface area contributed by atoms with E-state index in [0.717, 1.165) is 0 Å². The lowest BCUT2D eigenvalue weighted by molar-refractivity contribution is -0.151. The fourth-order valence-corrected chi connectivity index (χ4v) is 2.53. The van der Waals surface area contributed by atoms with Gasteiger partial charge in [-0.15, -0.1) is 0 Å². The smallest absolute Gasteiger partial charge is 0.365 e. The van der Waals surface area contributed by atoms with Crippen molar-refractivity contribution in [2.24, 2.45) is 0 Å². The summed E-state index contributed by atoms with van der Waals surface area (Å²) in [7, 11) is -4.55. The summed E-state index contributed by atoms with van der Waals surface area (Å²) in [6, 6.07) is 6.08. The lowest BCUT2D eigenvalue weighted by atomic mass is 10.3. The summed E-state index contributed by atoms with van der Waals surface area (Å²) in [6.45, 7) is 1.71. The van der Waals surface area contributed by atoms with Gasteiger partial charge in [0.2, 0.25) is 5.85 Å². The molecule has 0 aliphatic carbocycles. The Morgan fingerprint density at radius 1 is 1.33 bits per heavy atom. The highest BCUT2D eigenvalue weighted by Gasteiger charge is 2.34. The Hall–Kier alpha value is -0.780. The molecule has 0 spiro atoms. The molecule has 0 saturated carbocycles. The van der Waals surface area contributed by atoms with Gasteiger partial charge in [-0.25, -0.2) is 4.79 Å². The Balaban J connectivity index is 2.64. The van der Waals surface area contributed by atoms with Crippen LogP contribution in [0.1, 0.15) is 19.8 Å². The van der Waals surface area contributed by atoms with Crippen LogP contribution in [0.25, 0.3) is 0 Å². The number of benzene rings is 1. The Morgan fingerprint density at radius 2 is 1.90 bits per heavy atom. The van der Waals surface area contributed by atoms with E-state index in [2.05, 4.69) is 0 Å². The Morgan fingerprint density at radius 3 is 2.38 bits per heavy atom. The van der Waals surface area contributed by atoms with Crippen LogP contribution < -0.4 is 4.74 Å². The number of hydrogen-bond donors (Lipinski definition) is 2. The molecular weight excluding hydrogens is 342 g/mol. The summed E-state index contributed by atoms with van der Waals surface area (Å²) in [5, 5.41) is 0.487. The molecule has 9 heteroatoms. The quantitative estimate of drug-likeness (QED) is 0.443. The van der Waals surface area contributed by atoms with Crippen molar-refractivity contribution in [1.82, 2.24) is 0 Å². The van der Waals surface area contributed by atoms with Crippen LogP contribution in [-0.4, -0.2) is 27.2 Å². The van der Waals surface area contributed by atoms with E-state index < -0.39 is 25.0 Å².